The summed E-state index contributed by atoms with van der Waals surface area (Å²) in [5, 5.41) is 11.5. The number of rotatable bonds is 9. The molecule has 3 aromatic carbocycles. The lowest BCUT2D eigenvalue weighted by Gasteiger charge is -2.33. The summed E-state index contributed by atoms with van der Waals surface area (Å²) in [4.78, 5) is 46.9. The van der Waals surface area contributed by atoms with E-state index in [2.05, 4.69) is 49.7 Å². The fourth-order valence-electron chi connectivity index (χ4n) is 6.91. The predicted molar refractivity (Wildman–Crippen MR) is 190 cm³/mol. The molecule has 2 aromatic heterocycles. The summed E-state index contributed by atoms with van der Waals surface area (Å²) in [5.74, 6) is 6.60. The third-order valence-electron chi connectivity index (χ3n) is 9.84. The Morgan fingerprint density at radius 2 is 1.69 bits per heavy atom. The van der Waals surface area contributed by atoms with Crippen LogP contribution in [0, 0.1) is 0 Å². The first-order valence-corrected chi connectivity index (χ1v) is 16.6. The highest BCUT2D eigenvalue weighted by Crippen LogP contribution is 2.32. The van der Waals surface area contributed by atoms with Crippen molar-refractivity contribution in [2.45, 2.75) is 30.8 Å². The highest BCUT2D eigenvalue weighted by atomic mass is 16.6. The number of hydrogen-bond donors (Lipinski definition) is 3. The van der Waals surface area contributed by atoms with Crippen LogP contribution in [0.15, 0.2) is 85.2 Å². The van der Waals surface area contributed by atoms with Crippen molar-refractivity contribution in [2.24, 2.45) is 5.90 Å². The fourth-order valence-corrected chi connectivity index (χ4v) is 6.91. The number of nitrogens with two attached hydrogens (primary N) is 1. The van der Waals surface area contributed by atoms with Crippen LogP contribution in [-0.4, -0.2) is 94.2 Å². The number of piperidine rings is 1. The van der Waals surface area contributed by atoms with Crippen molar-refractivity contribution < 1.29 is 14.4 Å². The number of aromatic amines is 1. The highest BCUT2D eigenvalue weighted by Gasteiger charge is 2.46. The number of H-pyrrole nitrogens is 1. The molecule has 0 spiro atoms. The van der Waals surface area contributed by atoms with Gasteiger partial charge < -0.3 is 15.1 Å². The van der Waals surface area contributed by atoms with E-state index in [1.807, 2.05) is 77.3 Å². The molecule has 252 valence electrons. The normalized spacial score (nSPS) is 18.6. The van der Waals surface area contributed by atoms with Crippen LogP contribution in [0.3, 0.4) is 0 Å². The Balaban J connectivity index is 0.940. The van der Waals surface area contributed by atoms with Crippen molar-refractivity contribution in [3.05, 3.63) is 90.8 Å². The third kappa shape index (κ3) is 6.75. The van der Waals surface area contributed by atoms with E-state index in [1.54, 1.807) is 12.4 Å². The summed E-state index contributed by atoms with van der Waals surface area (Å²) in [7, 11) is 4.00. The third-order valence-corrected chi connectivity index (χ3v) is 9.84. The quantitative estimate of drug-likeness (QED) is 0.196. The molecule has 0 saturated carbocycles. The van der Waals surface area contributed by atoms with Crippen molar-refractivity contribution in [3.8, 4) is 22.6 Å². The summed E-state index contributed by atoms with van der Waals surface area (Å²) in [5.41, 5.74) is 5.33. The first kappa shape index (κ1) is 32.4. The molecule has 0 radical (unpaired) electrons. The Kier molecular flexibility index (Phi) is 9.09. The van der Waals surface area contributed by atoms with E-state index < -0.39 is 5.60 Å². The van der Waals surface area contributed by atoms with Crippen LogP contribution in [0.4, 0.5) is 11.4 Å². The van der Waals surface area contributed by atoms with Crippen LogP contribution in [-0.2, 0) is 14.4 Å². The molecule has 2 aliphatic rings. The molecule has 2 fully saturated rings. The molecule has 2 saturated heterocycles. The standard InChI is InChI=1S/C37H41N9O3/c1-44(2)30-11-8-27(9-12-30)34-31-22-29(10-13-32(31)42-43-34)41-36(48)37(49-38)16-21-45(24-37)23-33(47)46-19-14-26(15-20-46)25-4-6-28(7-5-25)35-39-17-3-18-40-35/h3-13,17-18,22,26H,14-16,19-21,23-24,38H2,1-2H3,(H,41,48)(H,42,43)/t37-/m0/s1. The summed E-state index contributed by atoms with van der Waals surface area (Å²) >= 11 is 0. The molecule has 2 amide bonds. The molecule has 7 rings (SSSR count). The summed E-state index contributed by atoms with van der Waals surface area (Å²) in [6.07, 6.45) is 5.67. The lowest BCUT2D eigenvalue weighted by molar-refractivity contribution is -0.142. The lowest BCUT2D eigenvalue weighted by Crippen LogP contribution is -2.50. The molecule has 2 aliphatic heterocycles. The number of aromatic nitrogens is 4. The highest BCUT2D eigenvalue weighted by molar-refractivity contribution is 6.01. The first-order valence-electron chi connectivity index (χ1n) is 16.6. The van der Waals surface area contributed by atoms with Gasteiger partial charge in [0.25, 0.3) is 5.91 Å². The minimum Gasteiger partial charge on any atom is -0.378 e. The van der Waals surface area contributed by atoms with Crippen LogP contribution < -0.4 is 16.1 Å². The minimum absolute atomic E-state index is 0.0554. The monoisotopic (exact) mass is 659 g/mol. The van der Waals surface area contributed by atoms with Gasteiger partial charge in [0, 0.05) is 87.0 Å². The zero-order valence-electron chi connectivity index (χ0n) is 27.8. The Morgan fingerprint density at radius 3 is 2.39 bits per heavy atom. The van der Waals surface area contributed by atoms with Crippen molar-refractivity contribution in [1.29, 1.82) is 0 Å². The number of carbonyl (C=O) groups excluding carboxylic acids is 2. The van der Waals surface area contributed by atoms with Crippen molar-refractivity contribution in [1.82, 2.24) is 30.0 Å². The number of nitrogens with one attached hydrogen (secondary N) is 2. The molecule has 4 heterocycles. The van der Waals surface area contributed by atoms with E-state index in [9.17, 15) is 9.59 Å². The van der Waals surface area contributed by atoms with E-state index in [1.165, 1.54) is 5.56 Å². The molecular formula is C37H41N9O3. The number of amides is 2. The minimum atomic E-state index is -1.26. The lowest BCUT2D eigenvalue weighted by atomic mass is 9.89. The Bertz CT molecular complexity index is 1920. The Hall–Kier alpha value is -5.17. The van der Waals surface area contributed by atoms with Crippen molar-refractivity contribution in [2.75, 3.05) is 57.0 Å². The van der Waals surface area contributed by atoms with Crippen LogP contribution in [0.2, 0.25) is 0 Å². The number of anilines is 2. The number of carbonyl (C=O) groups is 2. The predicted octanol–water partition coefficient (Wildman–Crippen LogP) is 4.43. The van der Waals surface area contributed by atoms with Gasteiger partial charge in [0.1, 0.15) is 0 Å². The molecule has 5 aromatic rings. The first-order chi connectivity index (χ1) is 23.8. The number of likely N-dealkylation sites (tertiary alicyclic amines) is 2. The van der Waals surface area contributed by atoms with Crippen LogP contribution in [0.1, 0.15) is 30.7 Å². The molecule has 0 unspecified atom stereocenters. The topological polar surface area (TPSA) is 146 Å². The van der Waals surface area contributed by atoms with Crippen LogP contribution in [0.5, 0.6) is 0 Å². The van der Waals surface area contributed by atoms with Gasteiger partial charge in [0.2, 0.25) is 5.91 Å². The van der Waals surface area contributed by atoms with Crippen LogP contribution >= 0.6 is 0 Å². The molecule has 0 bridgehead atoms. The number of fused-ring (bicyclic) bond motifs is 1. The maximum Gasteiger partial charge on any atom is 0.260 e. The van der Waals surface area contributed by atoms with Gasteiger partial charge in [-0.05, 0) is 60.7 Å². The van der Waals surface area contributed by atoms with Gasteiger partial charge in [-0.3, -0.25) is 24.4 Å². The smallest absolute Gasteiger partial charge is 0.260 e. The average Bonchev–Trinajstić information content (AvgIpc) is 3.77. The molecule has 12 nitrogen and oxygen atoms in total. The van der Waals surface area contributed by atoms with E-state index >= 15 is 0 Å². The molecule has 0 aliphatic carbocycles. The van der Waals surface area contributed by atoms with E-state index in [-0.39, 0.29) is 24.9 Å². The van der Waals surface area contributed by atoms with Crippen molar-refractivity contribution >= 4 is 34.1 Å². The zero-order chi connectivity index (χ0) is 34.0. The number of nitrogens with zero attached hydrogens (tertiary/aromatic N) is 6. The molecule has 1 atom stereocenters. The second-order valence-corrected chi connectivity index (χ2v) is 13.2. The van der Waals surface area contributed by atoms with Crippen LogP contribution in [0.25, 0.3) is 33.5 Å². The van der Waals surface area contributed by atoms with Gasteiger partial charge in [-0.15, -0.1) is 0 Å². The van der Waals surface area contributed by atoms with E-state index in [4.69, 9.17) is 10.7 Å². The van der Waals surface area contributed by atoms with Gasteiger partial charge in [0.05, 0.1) is 17.8 Å². The van der Waals surface area contributed by atoms with Gasteiger partial charge >= 0.3 is 0 Å². The SMILES string of the molecule is CN(C)c1ccc(-c2n[nH]c3ccc(NC(=O)[C@]4(ON)CCN(CC(=O)N5CCC(c6ccc(-c7ncccn7)cc6)CC5)C4)cc23)cc1. The maximum atomic E-state index is 13.6. The second kappa shape index (κ2) is 13.7. The maximum absolute atomic E-state index is 13.6. The summed E-state index contributed by atoms with van der Waals surface area (Å²) in [6.45, 7) is 2.35. The molecule has 49 heavy (non-hydrogen) atoms. The van der Waals surface area contributed by atoms with Gasteiger partial charge in [-0.1, -0.05) is 36.4 Å². The summed E-state index contributed by atoms with van der Waals surface area (Å²) < 4.78 is 0. The Morgan fingerprint density at radius 1 is 0.980 bits per heavy atom. The zero-order valence-corrected chi connectivity index (χ0v) is 27.8. The molecule has 4 N–H and O–H groups in total. The molecule has 12 heteroatoms. The largest absolute Gasteiger partial charge is 0.378 e. The number of benzene rings is 3. The fraction of sp³-hybridized carbons (Fsp3) is 0.324. The van der Waals surface area contributed by atoms with Gasteiger partial charge in [-0.2, -0.15) is 5.10 Å². The second-order valence-electron chi connectivity index (χ2n) is 13.2. The van der Waals surface area contributed by atoms with Gasteiger partial charge in [0.15, 0.2) is 11.4 Å². The molecular weight excluding hydrogens is 618 g/mol. The Labute approximate surface area is 285 Å². The summed E-state index contributed by atoms with van der Waals surface area (Å²) in [6, 6.07) is 24.0. The van der Waals surface area contributed by atoms with Gasteiger partial charge in [-0.25, -0.2) is 15.9 Å². The average molecular weight is 660 g/mol. The van der Waals surface area contributed by atoms with E-state index in [0.29, 0.717) is 43.5 Å². The van der Waals surface area contributed by atoms with E-state index in [0.717, 1.165) is 46.3 Å². The van der Waals surface area contributed by atoms with Crippen molar-refractivity contribution in [3.63, 3.8) is 0 Å². The number of hydrogen-bond acceptors (Lipinski definition) is 9.